The molecular weight excluding hydrogens is 373 g/mol. The standard InChI is InChI=1S/C22H24FN3OS/c1-15-22(17-8-5-9-18(23)13-17)28-21(25-15)11-10-20(27)26-19(14-24)12-16-6-3-2-4-7-16/h2-9,13,19H,10-12,14,24H2,1H3,(H,26,27). The van der Waals surface area contributed by atoms with Gasteiger partial charge in [-0.05, 0) is 36.6 Å². The molecule has 28 heavy (non-hydrogen) atoms. The van der Waals surface area contributed by atoms with Crippen molar-refractivity contribution in [1.29, 1.82) is 0 Å². The highest BCUT2D eigenvalue weighted by atomic mass is 32.1. The molecular formula is C22H24FN3OS. The van der Waals surface area contributed by atoms with Crippen molar-refractivity contribution in [2.75, 3.05) is 6.54 Å². The Morgan fingerprint density at radius 2 is 2.00 bits per heavy atom. The molecule has 0 radical (unpaired) electrons. The number of nitrogens with one attached hydrogen (secondary N) is 1. The highest BCUT2D eigenvalue weighted by molar-refractivity contribution is 7.15. The van der Waals surface area contributed by atoms with E-state index in [1.165, 1.54) is 23.5 Å². The predicted octanol–water partition coefficient (Wildman–Crippen LogP) is 3.88. The molecule has 0 bridgehead atoms. The summed E-state index contributed by atoms with van der Waals surface area (Å²) in [7, 11) is 0. The molecule has 1 aromatic heterocycles. The Morgan fingerprint density at radius 1 is 1.21 bits per heavy atom. The average molecular weight is 398 g/mol. The van der Waals surface area contributed by atoms with Gasteiger partial charge in [0.2, 0.25) is 5.91 Å². The van der Waals surface area contributed by atoms with Crippen LogP contribution in [0, 0.1) is 12.7 Å². The van der Waals surface area contributed by atoms with E-state index in [1.807, 2.05) is 43.3 Å². The second-order valence-electron chi connectivity index (χ2n) is 6.72. The topological polar surface area (TPSA) is 68.0 Å². The van der Waals surface area contributed by atoms with E-state index < -0.39 is 0 Å². The number of aromatic nitrogens is 1. The van der Waals surface area contributed by atoms with E-state index >= 15 is 0 Å². The zero-order valence-electron chi connectivity index (χ0n) is 15.8. The highest BCUT2D eigenvalue weighted by Gasteiger charge is 2.14. The second-order valence-corrected chi connectivity index (χ2v) is 7.81. The third-order valence-corrected chi connectivity index (χ3v) is 5.73. The van der Waals surface area contributed by atoms with Crippen LogP contribution in [0.15, 0.2) is 54.6 Å². The molecule has 1 amide bonds. The first-order chi connectivity index (χ1) is 13.5. The Labute approximate surface area is 168 Å². The summed E-state index contributed by atoms with van der Waals surface area (Å²) in [5, 5.41) is 3.88. The Balaban J connectivity index is 1.56. The van der Waals surface area contributed by atoms with Crippen LogP contribution in [0.5, 0.6) is 0 Å². The number of nitrogens with zero attached hydrogens (tertiary/aromatic N) is 1. The summed E-state index contributed by atoms with van der Waals surface area (Å²) >= 11 is 1.51. The molecule has 0 aliphatic heterocycles. The van der Waals surface area contributed by atoms with Gasteiger partial charge in [-0.15, -0.1) is 11.3 Å². The van der Waals surface area contributed by atoms with Crippen LogP contribution in [0.2, 0.25) is 0 Å². The first kappa shape index (κ1) is 20.2. The number of aryl methyl sites for hydroxylation is 2. The van der Waals surface area contributed by atoms with Crippen molar-refractivity contribution in [3.8, 4) is 10.4 Å². The first-order valence-corrected chi connectivity index (χ1v) is 10.1. The van der Waals surface area contributed by atoms with Crippen LogP contribution >= 0.6 is 11.3 Å². The maximum Gasteiger partial charge on any atom is 0.220 e. The van der Waals surface area contributed by atoms with Gasteiger partial charge in [0.15, 0.2) is 0 Å². The molecule has 3 rings (SSSR count). The van der Waals surface area contributed by atoms with Gasteiger partial charge in [0.05, 0.1) is 15.6 Å². The van der Waals surface area contributed by atoms with Gasteiger partial charge in [0.1, 0.15) is 5.82 Å². The Hall–Kier alpha value is -2.57. The van der Waals surface area contributed by atoms with Crippen LogP contribution < -0.4 is 11.1 Å². The number of carbonyl (C=O) groups excluding carboxylic acids is 1. The summed E-state index contributed by atoms with van der Waals surface area (Å²) in [6.45, 7) is 2.30. The fraction of sp³-hybridized carbons (Fsp3) is 0.273. The molecule has 0 fully saturated rings. The van der Waals surface area contributed by atoms with Gasteiger partial charge in [-0.25, -0.2) is 9.37 Å². The van der Waals surface area contributed by atoms with Crippen molar-refractivity contribution in [2.45, 2.75) is 32.2 Å². The highest BCUT2D eigenvalue weighted by Crippen LogP contribution is 2.30. The van der Waals surface area contributed by atoms with Gasteiger partial charge in [-0.3, -0.25) is 4.79 Å². The lowest BCUT2D eigenvalue weighted by molar-refractivity contribution is -0.121. The number of hydrogen-bond acceptors (Lipinski definition) is 4. The fourth-order valence-corrected chi connectivity index (χ4v) is 4.13. The monoisotopic (exact) mass is 397 g/mol. The molecule has 1 atom stereocenters. The van der Waals surface area contributed by atoms with E-state index in [-0.39, 0.29) is 17.8 Å². The third-order valence-electron chi connectivity index (χ3n) is 4.47. The molecule has 2 aromatic carbocycles. The van der Waals surface area contributed by atoms with Gasteiger partial charge in [0.25, 0.3) is 0 Å². The summed E-state index contributed by atoms with van der Waals surface area (Å²) in [4.78, 5) is 17.8. The summed E-state index contributed by atoms with van der Waals surface area (Å²) in [5.74, 6) is -0.302. The lowest BCUT2D eigenvalue weighted by Gasteiger charge is -2.16. The Bertz CT molecular complexity index is 927. The number of carbonyl (C=O) groups is 1. The lowest BCUT2D eigenvalue weighted by atomic mass is 10.1. The van der Waals surface area contributed by atoms with Gasteiger partial charge in [0, 0.05) is 25.4 Å². The zero-order chi connectivity index (χ0) is 19.9. The Kier molecular flexibility index (Phi) is 6.90. The van der Waals surface area contributed by atoms with E-state index in [1.54, 1.807) is 6.07 Å². The van der Waals surface area contributed by atoms with E-state index in [2.05, 4.69) is 10.3 Å². The number of thiazole rings is 1. The van der Waals surface area contributed by atoms with Gasteiger partial charge in [-0.2, -0.15) is 0 Å². The first-order valence-electron chi connectivity index (χ1n) is 9.30. The average Bonchev–Trinajstić information content (AvgIpc) is 3.07. The number of amides is 1. The van der Waals surface area contributed by atoms with Crippen molar-refractivity contribution in [1.82, 2.24) is 10.3 Å². The lowest BCUT2D eigenvalue weighted by Crippen LogP contribution is -2.41. The van der Waals surface area contributed by atoms with Crippen molar-refractivity contribution >= 4 is 17.2 Å². The predicted molar refractivity (Wildman–Crippen MR) is 112 cm³/mol. The smallest absolute Gasteiger partial charge is 0.220 e. The molecule has 0 aliphatic carbocycles. The molecule has 0 saturated heterocycles. The maximum atomic E-state index is 13.5. The molecule has 3 aromatic rings. The molecule has 0 aliphatic rings. The van der Waals surface area contributed by atoms with Crippen LogP contribution in [0.25, 0.3) is 10.4 Å². The van der Waals surface area contributed by atoms with Gasteiger partial charge in [-0.1, -0.05) is 42.5 Å². The minimum absolute atomic E-state index is 0.0356. The van der Waals surface area contributed by atoms with Gasteiger partial charge >= 0.3 is 0 Å². The number of hydrogen-bond donors (Lipinski definition) is 2. The third kappa shape index (κ3) is 5.47. The SMILES string of the molecule is Cc1nc(CCC(=O)NC(CN)Cc2ccccc2)sc1-c1cccc(F)c1. The minimum Gasteiger partial charge on any atom is -0.352 e. The van der Waals surface area contributed by atoms with Crippen LogP contribution in [0.4, 0.5) is 4.39 Å². The minimum atomic E-state index is -0.266. The molecule has 0 saturated carbocycles. The summed E-state index contributed by atoms with van der Waals surface area (Å²) in [5.41, 5.74) is 8.64. The molecule has 4 nitrogen and oxygen atoms in total. The van der Waals surface area contributed by atoms with E-state index in [9.17, 15) is 9.18 Å². The molecule has 1 heterocycles. The molecule has 3 N–H and O–H groups in total. The summed E-state index contributed by atoms with van der Waals surface area (Å²) < 4.78 is 13.5. The molecule has 146 valence electrons. The van der Waals surface area contributed by atoms with Crippen molar-refractivity contribution < 1.29 is 9.18 Å². The number of halogens is 1. The van der Waals surface area contributed by atoms with Crippen molar-refractivity contribution in [3.63, 3.8) is 0 Å². The van der Waals surface area contributed by atoms with Crippen LogP contribution in [-0.4, -0.2) is 23.5 Å². The number of rotatable bonds is 8. The number of nitrogens with two attached hydrogens (primary N) is 1. The van der Waals surface area contributed by atoms with Crippen molar-refractivity contribution in [3.05, 3.63) is 76.7 Å². The number of benzene rings is 2. The van der Waals surface area contributed by atoms with E-state index in [0.29, 0.717) is 25.8 Å². The van der Waals surface area contributed by atoms with E-state index in [0.717, 1.165) is 26.7 Å². The van der Waals surface area contributed by atoms with Crippen LogP contribution in [0.1, 0.15) is 22.7 Å². The van der Waals surface area contributed by atoms with Crippen LogP contribution in [-0.2, 0) is 17.6 Å². The molecule has 1 unspecified atom stereocenters. The summed E-state index contributed by atoms with van der Waals surface area (Å²) in [6, 6.07) is 16.4. The summed E-state index contributed by atoms with van der Waals surface area (Å²) in [6.07, 6.45) is 1.61. The van der Waals surface area contributed by atoms with E-state index in [4.69, 9.17) is 5.73 Å². The fourth-order valence-electron chi connectivity index (χ4n) is 3.07. The van der Waals surface area contributed by atoms with Crippen molar-refractivity contribution in [2.24, 2.45) is 5.73 Å². The largest absolute Gasteiger partial charge is 0.352 e. The Morgan fingerprint density at radius 3 is 2.71 bits per heavy atom. The molecule has 6 heteroatoms. The second kappa shape index (κ2) is 9.57. The maximum absolute atomic E-state index is 13.5. The normalized spacial score (nSPS) is 12.0. The quantitative estimate of drug-likeness (QED) is 0.606. The molecule has 0 spiro atoms. The van der Waals surface area contributed by atoms with Gasteiger partial charge < -0.3 is 11.1 Å². The van der Waals surface area contributed by atoms with Crippen LogP contribution in [0.3, 0.4) is 0 Å². The zero-order valence-corrected chi connectivity index (χ0v) is 16.6.